The molecule has 0 atom stereocenters. The maximum atomic E-state index is 2.41. The van der Waals surface area contributed by atoms with Gasteiger partial charge in [-0.15, -0.1) is 22.7 Å². The number of hydrogen-bond donors (Lipinski definition) is 0. The highest BCUT2D eigenvalue weighted by Crippen LogP contribution is 2.51. The smallest absolute Gasteiger partial charge is 0.0601 e. The van der Waals surface area contributed by atoms with Gasteiger partial charge in [0.25, 0.3) is 0 Å². The number of benzene rings is 8. The fourth-order valence-corrected chi connectivity index (χ4v) is 11.1. The lowest BCUT2D eigenvalue weighted by Crippen LogP contribution is -2.14. The van der Waals surface area contributed by atoms with Gasteiger partial charge in [-0.1, -0.05) is 109 Å². The van der Waals surface area contributed by atoms with E-state index in [9.17, 15) is 0 Å². The first-order valence-corrected chi connectivity index (χ1v) is 20.2. The van der Waals surface area contributed by atoms with Crippen molar-refractivity contribution in [2.75, 3.05) is 9.80 Å². The minimum atomic E-state index is 1.13. The third-order valence-corrected chi connectivity index (χ3v) is 13.6. The maximum Gasteiger partial charge on any atom is 0.0601 e. The summed E-state index contributed by atoms with van der Waals surface area (Å²) in [5.41, 5.74) is 9.38. The quantitative estimate of drug-likeness (QED) is 0.174. The second-order valence-corrected chi connectivity index (χ2v) is 16.6. The minimum absolute atomic E-state index is 1.13. The van der Waals surface area contributed by atoms with Crippen molar-refractivity contribution in [2.24, 2.45) is 0 Å². The topological polar surface area (TPSA) is 6.48 Å². The predicted octanol–water partition coefficient (Wildman–Crippen LogP) is 15.5. The van der Waals surface area contributed by atoms with E-state index in [4.69, 9.17) is 0 Å². The van der Waals surface area contributed by atoms with Gasteiger partial charge in [0.2, 0.25) is 0 Å². The van der Waals surface area contributed by atoms with E-state index in [1.807, 2.05) is 34.4 Å². The molecule has 0 saturated heterocycles. The van der Waals surface area contributed by atoms with Crippen LogP contribution >= 0.6 is 34.4 Å². The van der Waals surface area contributed by atoms with Crippen molar-refractivity contribution >= 4 is 109 Å². The van der Waals surface area contributed by atoms with Crippen molar-refractivity contribution in [3.8, 4) is 11.1 Å². The average molecular weight is 731 g/mol. The Morgan fingerprint density at radius 1 is 0.358 bits per heavy atom. The summed E-state index contributed by atoms with van der Waals surface area (Å²) in [6.07, 6.45) is 0. The van der Waals surface area contributed by atoms with Crippen LogP contribution in [0, 0.1) is 0 Å². The second-order valence-electron chi connectivity index (χ2n) is 13.4. The van der Waals surface area contributed by atoms with Crippen LogP contribution in [0.2, 0.25) is 0 Å². The van der Waals surface area contributed by atoms with Crippen LogP contribution in [-0.4, -0.2) is 0 Å². The molecule has 0 fully saturated rings. The van der Waals surface area contributed by atoms with Crippen molar-refractivity contribution in [1.29, 1.82) is 0 Å². The summed E-state index contributed by atoms with van der Waals surface area (Å²) in [7, 11) is 0. The molecular weight excluding hydrogens is 701 g/mol. The van der Waals surface area contributed by atoms with Crippen LogP contribution < -0.4 is 9.80 Å². The van der Waals surface area contributed by atoms with E-state index in [0.29, 0.717) is 0 Å². The molecule has 0 bridgehead atoms. The van der Waals surface area contributed by atoms with Crippen molar-refractivity contribution < 1.29 is 0 Å². The third-order valence-electron chi connectivity index (χ3n) is 10.2. The molecular formula is C48H30N2S3. The first kappa shape index (κ1) is 30.7. The summed E-state index contributed by atoms with van der Waals surface area (Å²) in [4.78, 5) is 7.34. The Hall–Kier alpha value is -5.85. The maximum absolute atomic E-state index is 2.41. The summed E-state index contributed by atoms with van der Waals surface area (Å²) < 4.78 is 5.23. The van der Waals surface area contributed by atoms with Crippen LogP contribution in [0.1, 0.15) is 0 Å². The lowest BCUT2D eigenvalue weighted by Gasteiger charge is -2.33. The first-order chi connectivity index (χ1) is 26.2. The summed E-state index contributed by atoms with van der Waals surface area (Å²) >= 11 is 5.57. The van der Waals surface area contributed by atoms with Crippen molar-refractivity contribution in [2.45, 2.75) is 9.79 Å². The molecule has 10 aromatic rings. The third kappa shape index (κ3) is 5.15. The lowest BCUT2D eigenvalue weighted by atomic mass is 10.0. The predicted molar refractivity (Wildman–Crippen MR) is 231 cm³/mol. The zero-order chi connectivity index (χ0) is 34.9. The molecule has 0 radical (unpaired) electrons. The summed E-state index contributed by atoms with van der Waals surface area (Å²) in [6.45, 7) is 0. The number of rotatable bonds is 5. The standard InChI is InChI=1S/C48H30N2S3/c1-5-16-43-37(12-1)39-26-24-35(29-47(39)51-43)49(36-25-27-40-38-13-2-6-17-44(38)52-48(40)30-36)33-22-20-31(21-23-33)32-10-9-11-34(28-32)50-41-14-3-7-18-45(41)53-46-19-8-4-15-42(46)50/h1-30H. The molecule has 0 aliphatic carbocycles. The van der Waals surface area contributed by atoms with Gasteiger partial charge in [-0.2, -0.15) is 0 Å². The van der Waals surface area contributed by atoms with Crippen molar-refractivity contribution in [3.63, 3.8) is 0 Å². The van der Waals surface area contributed by atoms with E-state index in [1.165, 1.54) is 72.6 Å². The van der Waals surface area contributed by atoms with E-state index in [1.54, 1.807) is 0 Å². The van der Waals surface area contributed by atoms with Gasteiger partial charge in [0, 0.05) is 72.9 Å². The van der Waals surface area contributed by atoms with Gasteiger partial charge < -0.3 is 9.80 Å². The average Bonchev–Trinajstić information content (AvgIpc) is 3.78. The van der Waals surface area contributed by atoms with Crippen LogP contribution in [0.25, 0.3) is 51.5 Å². The van der Waals surface area contributed by atoms with E-state index in [0.717, 1.165) is 22.7 Å². The molecule has 0 saturated carbocycles. The monoisotopic (exact) mass is 730 g/mol. The summed E-state index contributed by atoms with van der Waals surface area (Å²) in [6, 6.07) is 66.7. The molecule has 0 unspecified atom stereocenters. The molecule has 2 aromatic heterocycles. The van der Waals surface area contributed by atoms with Gasteiger partial charge in [0.1, 0.15) is 0 Å². The number of fused-ring (bicyclic) bond motifs is 8. The Morgan fingerprint density at radius 3 is 1.47 bits per heavy atom. The number of hydrogen-bond acceptors (Lipinski definition) is 5. The first-order valence-electron chi connectivity index (χ1n) is 17.7. The Balaban J connectivity index is 1.01. The highest BCUT2D eigenvalue weighted by molar-refractivity contribution is 7.99. The van der Waals surface area contributed by atoms with E-state index in [-0.39, 0.29) is 0 Å². The van der Waals surface area contributed by atoms with Crippen molar-refractivity contribution in [3.05, 3.63) is 182 Å². The Kier molecular flexibility index (Phi) is 7.19. The molecule has 11 rings (SSSR count). The van der Waals surface area contributed by atoms with Gasteiger partial charge in [-0.3, -0.25) is 0 Å². The molecule has 250 valence electrons. The second kappa shape index (κ2) is 12.4. The fourth-order valence-electron chi connectivity index (χ4n) is 7.76. The van der Waals surface area contributed by atoms with Gasteiger partial charge in [0.05, 0.1) is 11.4 Å². The normalized spacial score (nSPS) is 12.4. The molecule has 0 N–H and O–H groups in total. The molecule has 5 heteroatoms. The molecule has 0 spiro atoms. The molecule has 2 nitrogen and oxygen atoms in total. The molecule has 8 aromatic carbocycles. The van der Waals surface area contributed by atoms with Gasteiger partial charge in [0.15, 0.2) is 0 Å². The Morgan fingerprint density at radius 2 is 0.868 bits per heavy atom. The van der Waals surface area contributed by atoms with Crippen LogP contribution in [0.5, 0.6) is 0 Å². The van der Waals surface area contributed by atoms with Crippen LogP contribution in [0.15, 0.2) is 192 Å². The number of anilines is 6. The molecule has 3 heterocycles. The highest BCUT2D eigenvalue weighted by Gasteiger charge is 2.24. The Labute approximate surface area is 319 Å². The van der Waals surface area contributed by atoms with Crippen molar-refractivity contribution in [1.82, 2.24) is 0 Å². The summed E-state index contributed by atoms with van der Waals surface area (Å²) in [5.74, 6) is 0. The SMILES string of the molecule is c1cc(-c2ccc(N(c3ccc4c(c3)sc3ccccc34)c3ccc4c(c3)sc3ccccc34)cc2)cc(N2c3ccccc3Sc3ccccc32)c1. The van der Waals surface area contributed by atoms with E-state index in [2.05, 4.69) is 192 Å². The largest absolute Gasteiger partial charge is 0.310 e. The number of para-hydroxylation sites is 2. The summed E-state index contributed by atoms with van der Waals surface area (Å²) in [5, 5.41) is 5.25. The molecule has 53 heavy (non-hydrogen) atoms. The van der Waals surface area contributed by atoms with Gasteiger partial charge in [-0.05, 0) is 96.1 Å². The zero-order valence-corrected chi connectivity index (χ0v) is 30.9. The molecule has 1 aliphatic heterocycles. The highest BCUT2D eigenvalue weighted by atomic mass is 32.2. The van der Waals surface area contributed by atoms with E-state index >= 15 is 0 Å². The minimum Gasteiger partial charge on any atom is -0.310 e. The van der Waals surface area contributed by atoms with Gasteiger partial charge >= 0.3 is 0 Å². The Bertz CT molecular complexity index is 2850. The number of thiophene rings is 2. The van der Waals surface area contributed by atoms with Crippen LogP contribution in [0.3, 0.4) is 0 Å². The van der Waals surface area contributed by atoms with E-state index < -0.39 is 0 Å². The van der Waals surface area contributed by atoms with Crippen LogP contribution in [-0.2, 0) is 0 Å². The van der Waals surface area contributed by atoms with Crippen LogP contribution in [0.4, 0.5) is 34.1 Å². The zero-order valence-electron chi connectivity index (χ0n) is 28.4. The molecule has 1 aliphatic rings. The lowest BCUT2D eigenvalue weighted by molar-refractivity contribution is 1.17. The van der Waals surface area contributed by atoms with Gasteiger partial charge in [-0.25, -0.2) is 0 Å². The molecule has 0 amide bonds. The number of nitrogens with zero attached hydrogens (tertiary/aromatic N) is 2. The fraction of sp³-hybridized carbons (Fsp3) is 0.